The van der Waals surface area contributed by atoms with Gasteiger partial charge in [0.25, 0.3) is 6.43 Å². The lowest BCUT2D eigenvalue weighted by molar-refractivity contribution is 0.0985. The summed E-state index contributed by atoms with van der Waals surface area (Å²) >= 11 is 0. The van der Waals surface area contributed by atoms with Crippen LogP contribution < -0.4 is 5.32 Å². The van der Waals surface area contributed by atoms with Gasteiger partial charge in [-0.1, -0.05) is 26.7 Å². The Hall–Kier alpha value is -0.220. The number of halogens is 2. The van der Waals surface area contributed by atoms with Gasteiger partial charge in [0.1, 0.15) is 0 Å². The van der Waals surface area contributed by atoms with E-state index in [2.05, 4.69) is 24.1 Å². The molecule has 0 aromatic carbocycles. The van der Waals surface area contributed by atoms with Gasteiger partial charge in [0.15, 0.2) is 0 Å². The molecule has 1 saturated carbocycles. The lowest BCUT2D eigenvalue weighted by Crippen LogP contribution is -2.51. The van der Waals surface area contributed by atoms with Crippen molar-refractivity contribution in [3.05, 3.63) is 0 Å². The van der Waals surface area contributed by atoms with Gasteiger partial charge in [0, 0.05) is 25.7 Å². The maximum Gasteiger partial charge on any atom is 0.250 e. The topological polar surface area (TPSA) is 15.3 Å². The maximum atomic E-state index is 12.3. The Morgan fingerprint density at radius 3 is 2.47 bits per heavy atom. The van der Waals surface area contributed by atoms with E-state index in [0.29, 0.717) is 11.8 Å². The van der Waals surface area contributed by atoms with E-state index in [4.69, 9.17) is 0 Å². The third kappa shape index (κ3) is 5.74. The molecule has 2 nitrogen and oxygen atoms in total. The van der Waals surface area contributed by atoms with Crippen LogP contribution in [0.2, 0.25) is 0 Å². The summed E-state index contributed by atoms with van der Waals surface area (Å²) in [6.07, 6.45) is 2.92. The van der Waals surface area contributed by atoms with E-state index in [1.165, 1.54) is 25.8 Å². The molecule has 0 amide bonds. The highest BCUT2D eigenvalue weighted by Gasteiger charge is 2.32. The van der Waals surface area contributed by atoms with Crippen LogP contribution in [0.1, 0.15) is 39.5 Å². The van der Waals surface area contributed by atoms with Crippen LogP contribution in [0.5, 0.6) is 0 Å². The molecule has 2 aliphatic rings. The molecular formula is C15H28F2N2. The lowest BCUT2D eigenvalue weighted by atomic mass is 9.89. The molecule has 19 heavy (non-hydrogen) atoms. The van der Waals surface area contributed by atoms with Crippen LogP contribution in [-0.2, 0) is 0 Å². The molecule has 1 aliphatic heterocycles. The largest absolute Gasteiger partial charge is 0.307 e. The molecule has 2 unspecified atom stereocenters. The number of hydrogen-bond acceptors (Lipinski definition) is 2. The SMILES string of the molecule is CC(C)CN1CC(CC2CC2)CC(NCC(F)F)C1. The summed E-state index contributed by atoms with van der Waals surface area (Å²) in [6, 6.07) is 0.255. The highest BCUT2D eigenvalue weighted by Crippen LogP contribution is 2.37. The van der Waals surface area contributed by atoms with Crippen molar-refractivity contribution in [1.82, 2.24) is 10.2 Å². The van der Waals surface area contributed by atoms with Gasteiger partial charge in [-0.2, -0.15) is 0 Å². The van der Waals surface area contributed by atoms with Crippen LogP contribution in [0.15, 0.2) is 0 Å². The number of rotatable bonds is 7. The standard InChI is InChI=1S/C15H28F2N2/c1-11(2)8-19-9-13(5-12-3-4-12)6-14(10-19)18-7-15(16)17/h11-15,18H,3-10H2,1-2H3. The van der Waals surface area contributed by atoms with Crippen LogP contribution in [0.25, 0.3) is 0 Å². The minimum Gasteiger partial charge on any atom is -0.307 e. The first-order chi connectivity index (χ1) is 9.02. The van der Waals surface area contributed by atoms with Crippen molar-refractivity contribution in [2.45, 2.75) is 52.0 Å². The molecule has 1 N–H and O–H groups in total. The summed E-state index contributed by atoms with van der Waals surface area (Å²) in [4.78, 5) is 2.48. The minimum atomic E-state index is -2.23. The second-order valence-electron chi connectivity index (χ2n) is 6.89. The van der Waals surface area contributed by atoms with Gasteiger partial charge < -0.3 is 10.2 Å². The molecule has 1 aliphatic carbocycles. The maximum absolute atomic E-state index is 12.3. The first kappa shape index (κ1) is 15.2. The van der Waals surface area contributed by atoms with E-state index in [1.807, 2.05) is 0 Å². The van der Waals surface area contributed by atoms with Gasteiger partial charge in [-0.25, -0.2) is 8.78 Å². The molecular weight excluding hydrogens is 246 g/mol. The summed E-state index contributed by atoms with van der Waals surface area (Å²) in [6.45, 7) is 7.50. The second-order valence-corrected chi connectivity index (χ2v) is 6.89. The van der Waals surface area contributed by atoms with Crippen LogP contribution in [0.3, 0.4) is 0 Å². The summed E-state index contributed by atoms with van der Waals surface area (Å²) in [5.41, 5.74) is 0. The average Bonchev–Trinajstić information content (AvgIpc) is 3.09. The normalized spacial score (nSPS) is 29.4. The van der Waals surface area contributed by atoms with Crippen LogP contribution in [-0.4, -0.2) is 43.5 Å². The molecule has 2 atom stereocenters. The second kappa shape index (κ2) is 6.98. The summed E-state index contributed by atoms with van der Waals surface area (Å²) in [7, 11) is 0. The fourth-order valence-electron chi connectivity index (χ4n) is 3.37. The van der Waals surface area contributed by atoms with Gasteiger partial charge in [0.05, 0.1) is 6.54 Å². The zero-order valence-electron chi connectivity index (χ0n) is 12.2. The number of nitrogens with zero attached hydrogens (tertiary/aromatic N) is 1. The Labute approximate surface area is 115 Å². The van der Waals surface area contributed by atoms with Gasteiger partial charge >= 0.3 is 0 Å². The summed E-state index contributed by atoms with van der Waals surface area (Å²) in [5.74, 6) is 2.28. The fraction of sp³-hybridized carbons (Fsp3) is 1.00. The number of hydrogen-bond donors (Lipinski definition) is 1. The third-order valence-corrected chi connectivity index (χ3v) is 4.16. The number of alkyl halides is 2. The Balaban J connectivity index is 1.82. The van der Waals surface area contributed by atoms with Crippen molar-refractivity contribution in [1.29, 1.82) is 0 Å². The van der Waals surface area contributed by atoms with Crippen LogP contribution >= 0.6 is 0 Å². The molecule has 2 fully saturated rings. The van der Waals surface area contributed by atoms with E-state index < -0.39 is 6.43 Å². The van der Waals surface area contributed by atoms with E-state index in [1.54, 1.807) is 0 Å². The highest BCUT2D eigenvalue weighted by atomic mass is 19.3. The third-order valence-electron chi connectivity index (χ3n) is 4.16. The van der Waals surface area contributed by atoms with Crippen molar-refractivity contribution >= 4 is 0 Å². The molecule has 0 aromatic heterocycles. The first-order valence-electron chi connectivity index (χ1n) is 7.76. The monoisotopic (exact) mass is 274 g/mol. The average molecular weight is 274 g/mol. The predicted molar refractivity (Wildman–Crippen MR) is 74.5 cm³/mol. The molecule has 1 heterocycles. The van der Waals surface area contributed by atoms with Crippen molar-refractivity contribution < 1.29 is 8.78 Å². The fourth-order valence-corrected chi connectivity index (χ4v) is 3.37. The molecule has 0 bridgehead atoms. The predicted octanol–water partition coefficient (Wildman–Crippen LogP) is 2.99. The molecule has 1 saturated heterocycles. The molecule has 0 spiro atoms. The van der Waals surface area contributed by atoms with Crippen molar-refractivity contribution in [3.8, 4) is 0 Å². The number of piperidine rings is 1. The van der Waals surface area contributed by atoms with Crippen molar-refractivity contribution in [2.75, 3.05) is 26.2 Å². The smallest absolute Gasteiger partial charge is 0.250 e. The Kier molecular flexibility index (Phi) is 5.58. The van der Waals surface area contributed by atoms with Crippen molar-refractivity contribution in [2.24, 2.45) is 17.8 Å². The number of nitrogens with one attached hydrogen (secondary N) is 1. The molecule has 2 rings (SSSR count). The quantitative estimate of drug-likeness (QED) is 0.768. The molecule has 0 radical (unpaired) electrons. The van der Waals surface area contributed by atoms with Gasteiger partial charge in [0.2, 0.25) is 0 Å². The van der Waals surface area contributed by atoms with Crippen molar-refractivity contribution in [3.63, 3.8) is 0 Å². The van der Waals surface area contributed by atoms with E-state index in [9.17, 15) is 8.78 Å². The molecule has 112 valence electrons. The van der Waals surface area contributed by atoms with Crippen LogP contribution in [0.4, 0.5) is 8.78 Å². The van der Waals surface area contributed by atoms with Gasteiger partial charge in [-0.05, 0) is 30.6 Å². The molecule has 4 heteroatoms. The lowest BCUT2D eigenvalue weighted by Gasteiger charge is -2.39. The Morgan fingerprint density at radius 2 is 1.89 bits per heavy atom. The van der Waals surface area contributed by atoms with Gasteiger partial charge in [-0.15, -0.1) is 0 Å². The van der Waals surface area contributed by atoms with E-state index in [0.717, 1.165) is 25.4 Å². The first-order valence-corrected chi connectivity index (χ1v) is 7.76. The van der Waals surface area contributed by atoms with E-state index >= 15 is 0 Å². The number of likely N-dealkylation sites (tertiary alicyclic amines) is 1. The van der Waals surface area contributed by atoms with E-state index in [-0.39, 0.29) is 12.6 Å². The van der Waals surface area contributed by atoms with Crippen LogP contribution in [0, 0.1) is 17.8 Å². The zero-order valence-corrected chi connectivity index (χ0v) is 12.2. The Bertz CT molecular complexity index is 255. The Morgan fingerprint density at radius 1 is 1.16 bits per heavy atom. The molecule has 0 aromatic rings. The minimum absolute atomic E-state index is 0.156. The summed E-state index contributed by atoms with van der Waals surface area (Å²) in [5, 5.41) is 3.06. The summed E-state index contributed by atoms with van der Waals surface area (Å²) < 4.78 is 24.7. The highest BCUT2D eigenvalue weighted by molar-refractivity contribution is 4.87. The van der Waals surface area contributed by atoms with Gasteiger partial charge in [-0.3, -0.25) is 0 Å². The zero-order chi connectivity index (χ0) is 13.8.